The van der Waals surface area contributed by atoms with Crippen LogP contribution >= 0.6 is 23.2 Å². The van der Waals surface area contributed by atoms with E-state index >= 15 is 0 Å². The normalized spacial score (nSPS) is 14.9. The molecular weight excluding hydrogens is 615 g/mol. The van der Waals surface area contributed by atoms with E-state index in [9.17, 15) is 14.7 Å². The summed E-state index contributed by atoms with van der Waals surface area (Å²) in [5, 5.41) is 15.3. The lowest BCUT2D eigenvalue weighted by atomic mass is 9.92. The Morgan fingerprint density at radius 1 is 1.02 bits per heavy atom. The largest absolute Gasteiger partial charge is 0.493 e. The summed E-state index contributed by atoms with van der Waals surface area (Å²) in [6, 6.07) is 22.8. The Labute approximate surface area is 269 Å². The molecule has 6 rings (SSSR count). The predicted octanol–water partition coefficient (Wildman–Crippen LogP) is 6.58. The topological polar surface area (TPSA) is 117 Å². The average Bonchev–Trinajstić information content (AvgIpc) is 3.43. The number of aliphatic hydroxyl groups excluding tert-OH is 1. The second-order valence-electron chi connectivity index (χ2n) is 10.7. The summed E-state index contributed by atoms with van der Waals surface area (Å²) in [7, 11) is 0. The third-order valence-electron chi connectivity index (χ3n) is 7.68. The molecule has 11 heteroatoms. The second kappa shape index (κ2) is 13.6. The molecule has 3 heterocycles. The zero-order valence-electron chi connectivity index (χ0n) is 24.1. The lowest BCUT2D eigenvalue weighted by Gasteiger charge is -2.35. The van der Waals surface area contributed by atoms with E-state index in [-0.39, 0.29) is 19.1 Å². The van der Waals surface area contributed by atoms with Crippen molar-refractivity contribution in [2.24, 2.45) is 0 Å². The Morgan fingerprint density at radius 3 is 2.53 bits per heavy atom. The van der Waals surface area contributed by atoms with Crippen molar-refractivity contribution in [3.05, 3.63) is 124 Å². The van der Waals surface area contributed by atoms with Crippen molar-refractivity contribution in [1.29, 1.82) is 0 Å². The van der Waals surface area contributed by atoms with Crippen LogP contribution in [0, 0.1) is 0 Å². The molecule has 2 amide bonds. The number of aromatic amines is 1. The molecule has 1 aliphatic rings. The molecule has 3 aromatic carbocycles. The van der Waals surface area contributed by atoms with Gasteiger partial charge in [0.1, 0.15) is 17.5 Å². The maximum atomic E-state index is 13.5. The van der Waals surface area contributed by atoms with E-state index in [4.69, 9.17) is 32.7 Å². The molecule has 2 atom stereocenters. The van der Waals surface area contributed by atoms with E-state index in [1.54, 1.807) is 47.5 Å². The molecule has 2 aromatic heterocycles. The first-order valence-corrected chi connectivity index (χ1v) is 15.2. The fraction of sp³-hybridized carbons (Fsp3) is 0.206. The molecule has 9 nitrogen and oxygen atoms in total. The number of pyridine rings is 1. The Morgan fingerprint density at radius 2 is 1.78 bits per heavy atom. The summed E-state index contributed by atoms with van der Waals surface area (Å²) in [4.78, 5) is 34.9. The Kier molecular flexibility index (Phi) is 9.21. The number of hydrogen-bond donors (Lipinski definition) is 3. The molecule has 5 aromatic rings. The average molecular weight is 646 g/mol. The molecule has 1 aliphatic heterocycles. The number of H-pyrrole nitrogens is 1. The first kappa shape index (κ1) is 30.5. The number of fused-ring (bicyclic) bond motifs is 3. The predicted molar refractivity (Wildman–Crippen MR) is 172 cm³/mol. The van der Waals surface area contributed by atoms with Gasteiger partial charge in [0.05, 0.1) is 18.3 Å². The van der Waals surface area contributed by atoms with Gasteiger partial charge >= 0.3 is 6.09 Å². The van der Waals surface area contributed by atoms with E-state index in [2.05, 4.69) is 15.3 Å². The van der Waals surface area contributed by atoms with Crippen molar-refractivity contribution in [3.8, 4) is 11.5 Å². The summed E-state index contributed by atoms with van der Waals surface area (Å²) in [5.74, 6) is 0.716. The minimum atomic E-state index is -0.777. The summed E-state index contributed by atoms with van der Waals surface area (Å²) >= 11 is 12.3. The number of aliphatic hydroxyl groups is 1. The molecular formula is C34H30Cl2N4O5. The highest BCUT2D eigenvalue weighted by Gasteiger charge is 2.35. The molecule has 0 spiro atoms. The third kappa shape index (κ3) is 7.06. The highest BCUT2D eigenvalue weighted by Crippen LogP contribution is 2.40. The molecule has 0 aliphatic carbocycles. The molecule has 0 bridgehead atoms. The lowest BCUT2D eigenvalue weighted by Crippen LogP contribution is -2.42. The van der Waals surface area contributed by atoms with Crippen molar-refractivity contribution >= 4 is 46.1 Å². The van der Waals surface area contributed by atoms with Gasteiger partial charge < -0.3 is 24.9 Å². The maximum absolute atomic E-state index is 13.5. The van der Waals surface area contributed by atoms with E-state index in [0.29, 0.717) is 46.5 Å². The number of amides is 2. The highest BCUT2D eigenvalue weighted by molar-refractivity contribution is 6.31. The smallest absolute Gasteiger partial charge is 0.416 e. The van der Waals surface area contributed by atoms with Crippen molar-refractivity contribution in [2.75, 3.05) is 19.7 Å². The van der Waals surface area contributed by atoms with Gasteiger partial charge in [-0.2, -0.15) is 0 Å². The van der Waals surface area contributed by atoms with Crippen LogP contribution in [-0.2, 0) is 6.42 Å². The maximum Gasteiger partial charge on any atom is 0.416 e. The van der Waals surface area contributed by atoms with Crippen LogP contribution in [0.2, 0.25) is 10.0 Å². The quantitative estimate of drug-likeness (QED) is 0.167. The fourth-order valence-corrected chi connectivity index (χ4v) is 5.74. The molecule has 45 heavy (non-hydrogen) atoms. The van der Waals surface area contributed by atoms with Gasteiger partial charge in [0, 0.05) is 58.5 Å². The van der Waals surface area contributed by atoms with Gasteiger partial charge in [0.25, 0.3) is 5.91 Å². The van der Waals surface area contributed by atoms with Gasteiger partial charge in [-0.3, -0.25) is 14.7 Å². The summed E-state index contributed by atoms with van der Waals surface area (Å²) in [6.45, 7) is 0.786. The van der Waals surface area contributed by atoms with Crippen molar-refractivity contribution < 1.29 is 24.2 Å². The van der Waals surface area contributed by atoms with Crippen LogP contribution in [-0.4, -0.2) is 57.8 Å². The third-order valence-corrected chi connectivity index (χ3v) is 8.17. The van der Waals surface area contributed by atoms with E-state index in [1.807, 2.05) is 42.5 Å². The first-order valence-electron chi connectivity index (χ1n) is 14.5. The summed E-state index contributed by atoms with van der Waals surface area (Å²) < 4.78 is 11.6. The standard InChI is InChI=1S/C34H30Cl2N4O5/c35-23-5-10-27(11-6-23)45-34(43)40-16-13-28-29-18-24(36)7-12-30(29)39-31(28)32(40)21-3-8-26(9-4-21)44-17-14-25(41)20-38-33(42)22-2-1-15-37-19-22/h1-12,15,18-19,25,32,39,41H,13-14,16-17,20H2,(H,38,42). The number of nitrogens with one attached hydrogen (secondary N) is 2. The zero-order valence-corrected chi connectivity index (χ0v) is 25.6. The number of hydrogen-bond acceptors (Lipinski definition) is 6. The SMILES string of the molecule is O=C(NCC(O)CCOc1ccc(C2c3[nH]c4ccc(Cl)cc4c3CCN2C(=O)Oc2ccc(Cl)cc2)cc1)c1cccnc1. The Bertz CT molecular complexity index is 1800. The molecule has 0 saturated heterocycles. The number of aromatic nitrogens is 2. The number of carbonyl (C=O) groups excluding carboxylic acids is 2. The van der Waals surface area contributed by atoms with Crippen molar-refractivity contribution in [2.45, 2.75) is 25.0 Å². The molecule has 2 unspecified atom stereocenters. The molecule has 3 N–H and O–H groups in total. The molecule has 230 valence electrons. The number of benzene rings is 3. The number of halogens is 2. The van der Waals surface area contributed by atoms with Gasteiger partial charge in [-0.15, -0.1) is 0 Å². The van der Waals surface area contributed by atoms with Gasteiger partial charge in [-0.05, 0) is 84.3 Å². The number of nitrogens with zero attached hydrogens (tertiary/aromatic N) is 2. The molecule has 0 fully saturated rings. The zero-order chi connectivity index (χ0) is 31.3. The number of rotatable bonds is 9. The van der Waals surface area contributed by atoms with Crippen molar-refractivity contribution in [1.82, 2.24) is 20.2 Å². The Balaban J connectivity index is 1.15. The molecule has 0 radical (unpaired) electrons. The minimum absolute atomic E-state index is 0.0949. The van der Waals surface area contributed by atoms with Gasteiger partial charge in [0.2, 0.25) is 0 Å². The van der Waals surface area contributed by atoms with Gasteiger partial charge in [0.15, 0.2) is 0 Å². The monoisotopic (exact) mass is 644 g/mol. The van der Waals surface area contributed by atoms with Crippen LogP contribution in [0.4, 0.5) is 4.79 Å². The molecule has 0 saturated carbocycles. The number of ether oxygens (including phenoxy) is 2. The number of carbonyl (C=O) groups is 2. The lowest BCUT2D eigenvalue weighted by molar-refractivity contribution is 0.0895. The van der Waals surface area contributed by atoms with Crippen LogP contribution in [0.3, 0.4) is 0 Å². The Hall–Kier alpha value is -4.57. The minimum Gasteiger partial charge on any atom is -0.493 e. The van der Waals surface area contributed by atoms with Crippen LogP contribution in [0.1, 0.15) is 39.6 Å². The second-order valence-corrected chi connectivity index (χ2v) is 11.6. The summed E-state index contributed by atoms with van der Waals surface area (Å²) in [6.07, 6.45) is 2.76. The highest BCUT2D eigenvalue weighted by atomic mass is 35.5. The van der Waals surface area contributed by atoms with Crippen LogP contribution in [0.15, 0.2) is 91.3 Å². The van der Waals surface area contributed by atoms with Crippen LogP contribution < -0.4 is 14.8 Å². The van der Waals surface area contributed by atoms with Crippen LogP contribution in [0.25, 0.3) is 10.9 Å². The summed E-state index contributed by atoms with van der Waals surface area (Å²) in [5.41, 5.74) is 4.25. The fourth-order valence-electron chi connectivity index (χ4n) is 5.44. The van der Waals surface area contributed by atoms with E-state index in [0.717, 1.165) is 27.7 Å². The van der Waals surface area contributed by atoms with E-state index < -0.39 is 18.2 Å². The van der Waals surface area contributed by atoms with Gasteiger partial charge in [-0.25, -0.2) is 4.79 Å². The van der Waals surface area contributed by atoms with E-state index in [1.165, 1.54) is 6.20 Å². The van der Waals surface area contributed by atoms with Gasteiger partial charge in [-0.1, -0.05) is 35.3 Å². The van der Waals surface area contributed by atoms with Crippen LogP contribution in [0.5, 0.6) is 11.5 Å². The first-order chi connectivity index (χ1) is 21.9. The van der Waals surface area contributed by atoms with Crippen molar-refractivity contribution in [3.63, 3.8) is 0 Å².